The number of nitrogens with zero attached hydrogens (tertiary/aromatic N) is 1. The largest absolute Gasteiger partial charge is 0.480 e. The average molecular weight is 294 g/mol. The van der Waals surface area contributed by atoms with E-state index >= 15 is 0 Å². The van der Waals surface area contributed by atoms with Gasteiger partial charge in [-0.15, -0.1) is 11.3 Å². The summed E-state index contributed by atoms with van der Waals surface area (Å²) in [6.07, 6.45) is 3.99. The van der Waals surface area contributed by atoms with Crippen LogP contribution in [0.15, 0.2) is 0 Å². The van der Waals surface area contributed by atoms with Gasteiger partial charge in [0.25, 0.3) is 5.91 Å². The fourth-order valence-corrected chi connectivity index (χ4v) is 3.42. The van der Waals surface area contributed by atoms with Gasteiger partial charge in [-0.2, -0.15) is 5.26 Å². The Morgan fingerprint density at radius 2 is 2.10 bits per heavy atom. The number of amides is 1. The molecule has 0 saturated heterocycles. The number of rotatable bonds is 5. The molecule has 1 amide bonds. The number of hydrogen-bond acceptors (Lipinski definition) is 5. The summed E-state index contributed by atoms with van der Waals surface area (Å²) < 4.78 is 4.71. The molecule has 0 radical (unpaired) electrons. The van der Waals surface area contributed by atoms with Crippen molar-refractivity contribution in [3.63, 3.8) is 0 Å². The number of hydrogen-bond donors (Lipinski definition) is 2. The first-order chi connectivity index (χ1) is 9.61. The number of anilines is 1. The first kappa shape index (κ1) is 14.5. The smallest absolute Gasteiger partial charge is 0.329 e. The van der Waals surface area contributed by atoms with Gasteiger partial charge in [0, 0.05) is 4.88 Å². The number of ether oxygens (including phenoxy) is 1. The van der Waals surface area contributed by atoms with Crippen LogP contribution in [0.1, 0.15) is 28.8 Å². The van der Waals surface area contributed by atoms with Crippen LogP contribution < -0.4 is 5.32 Å². The van der Waals surface area contributed by atoms with Crippen molar-refractivity contribution in [1.82, 2.24) is 0 Å². The summed E-state index contributed by atoms with van der Waals surface area (Å²) in [6, 6.07) is 2.14. The first-order valence-corrected chi connectivity index (χ1v) is 7.07. The predicted molar refractivity (Wildman–Crippen MR) is 72.8 cm³/mol. The third kappa shape index (κ3) is 3.35. The zero-order valence-electron chi connectivity index (χ0n) is 10.8. The average Bonchev–Trinajstić information content (AvgIpc) is 2.75. The molecule has 1 aliphatic rings. The van der Waals surface area contributed by atoms with Crippen molar-refractivity contribution in [1.29, 1.82) is 5.26 Å². The molecule has 1 heterocycles. The second kappa shape index (κ2) is 6.50. The topological polar surface area (TPSA) is 99.4 Å². The highest BCUT2D eigenvalue weighted by Crippen LogP contribution is 2.37. The summed E-state index contributed by atoms with van der Waals surface area (Å²) >= 11 is 1.43. The lowest BCUT2D eigenvalue weighted by molar-refractivity contribution is -0.143. The minimum absolute atomic E-state index is 0.334. The molecule has 1 aromatic heterocycles. The van der Waals surface area contributed by atoms with Gasteiger partial charge in [0.1, 0.15) is 24.3 Å². The standard InChI is InChI=1S/C13H14N2O4S/c14-5-9-8-3-1-2-4-10(8)20-13(9)15-11(16)6-19-7-12(17)18/h1-4,6-7H2,(H,15,16)(H,17,18). The zero-order chi connectivity index (χ0) is 14.5. The van der Waals surface area contributed by atoms with Gasteiger partial charge in [0.2, 0.25) is 0 Å². The van der Waals surface area contributed by atoms with Crippen LogP contribution in [0.3, 0.4) is 0 Å². The number of nitriles is 1. The van der Waals surface area contributed by atoms with Gasteiger partial charge in [0.15, 0.2) is 0 Å². The molecule has 0 aliphatic heterocycles. The first-order valence-electron chi connectivity index (χ1n) is 6.26. The highest BCUT2D eigenvalue weighted by Gasteiger charge is 2.21. The fourth-order valence-electron chi connectivity index (χ4n) is 2.17. The Kier molecular flexibility index (Phi) is 4.71. The van der Waals surface area contributed by atoms with Crippen LogP contribution in [0.4, 0.5) is 5.00 Å². The third-order valence-corrected chi connectivity index (χ3v) is 4.20. The molecular formula is C13H14N2O4S. The van der Waals surface area contributed by atoms with Crippen molar-refractivity contribution in [2.75, 3.05) is 18.5 Å². The Hall–Kier alpha value is -1.91. The molecule has 1 aliphatic carbocycles. The molecule has 1 aromatic rings. The van der Waals surface area contributed by atoms with Crippen LogP contribution in [0.5, 0.6) is 0 Å². The lowest BCUT2D eigenvalue weighted by Crippen LogP contribution is -2.20. The van der Waals surface area contributed by atoms with Crippen molar-refractivity contribution < 1.29 is 19.4 Å². The Balaban J connectivity index is 2.02. The van der Waals surface area contributed by atoms with Crippen molar-refractivity contribution in [3.05, 3.63) is 16.0 Å². The minimum atomic E-state index is -1.12. The number of nitrogens with one attached hydrogen (secondary N) is 1. The quantitative estimate of drug-likeness (QED) is 0.858. The number of aliphatic carboxylic acids is 1. The van der Waals surface area contributed by atoms with E-state index in [0.29, 0.717) is 10.6 Å². The Bertz CT molecular complexity index is 574. The molecule has 0 bridgehead atoms. The zero-order valence-corrected chi connectivity index (χ0v) is 11.6. The molecule has 0 atom stereocenters. The highest BCUT2D eigenvalue weighted by molar-refractivity contribution is 7.16. The number of carboxylic acids is 1. The Labute approximate surface area is 120 Å². The predicted octanol–water partition coefficient (Wildman–Crippen LogP) is 1.54. The van der Waals surface area contributed by atoms with Crippen LogP contribution in [0.25, 0.3) is 0 Å². The molecule has 20 heavy (non-hydrogen) atoms. The van der Waals surface area contributed by atoms with Crippen LogP contribution in [-0.4, -0.2) is 30.2 Å². The van der Waals surface area contributed by atoms with Crippen molar-refractivity contribution in [3.8, 4) is 6.07 Å². The molecule has 0 aromatic carbocycles. The van der Waals surface area contributed by atoms with E-state index in [9.17, 15) is 14.9 Å². The van der Waals surface area contributed by atoms with Gasteiger partial charge >= 0.3 is 5.97 Å². The summed E-state index contributed by atoms with van der Waals surface area (Å²) in [4.78, 5) is 23.1. The third-order valence-electron chi connectivity index (χ3n) is 2.99. The number of carbonyl (C=O) groups is 2. The van der Waals surface area contributed by atoms with Crippen LogP contribution >= 0.6 is 11.3 Å². The molecule has 6 nitrogen and oxygen atoms in total. The van der Waals surface area contributed by atoms with Gasteiger partial charge < -0.3 is 15.2 Å². The minimum Gasteiger partial charge on any atom is -0.480 e. The van der Waals surface area contributed by atoms with E-state index in [2.05, 4.69) is 11.4 Å². The maximum atomic E-state index is 11.6. The van der Waals surface area contributed by atoms with Crippen molar-refractivity contribution in [2.45, 2.75) is 25.7 Å². The van der Waals surface area contributed by atoms with E-state index in [1.54, 1.807) is 0 Å². The lowest BCUT2D eigenvalue weighted by Gasteiger charge is -2.09. The lowest BCUT2D eigenvalue weighted by atomic mass is 9.96. The molecule has 106 valence electrons. The summed E-state index contributed by atoms with van der Waals surface area (Å²) in [5.74, 6) is -1.57. The van der Waals surface area contributed by atoms with E-state index < -0.39 is 18.5 Å². The SMILES string of the molecule is N#Cc1c(NC(=O)COCC(=O)O)sc2c1CCCC2. The maximum absolute atomic E-state index is 11.6. The molecule has 0 saturated carbocycles. The summed E-state index contributed by atoms with van der Waals surface area (Å²) in [5.41, 5.74) is 1.58. The molecule has 2 rings (SSSR count). The molecule has 0 unspecified atom stereocenters. The van der Waals surface area contributed by atoms with Gasteiger partial charge in [0.05, 0.1) is 5.56 Å². The molecular weight excluding hydrogens is 280 g/mol. The summed E-state index contributed by atoms with van der Waals surface area (Å²) in [5, 5.41) is 20.8. The number of fused-ring (bicyclic) bond motifs is 1. The summed E-state index contributed by atoms with van der Waals surface area (Å²) in [7, 11) is 0. The molecule has 0 fully saturated rings. The molecule has 7 heteroatoms. The Morgan fingerprint density at radius 3 is 2.80 bits per heavy atom. The number of thiophene rings is 1. The van der Waals surface area contributed by atoms with Crippen LogP contribution in [0.2, 0.25) is 0 Å². The van der Waals surface area contributed by atoms with Crippen molar-refractivity contribution in [2.24, 2.45) is 0 Å². The van der Waals surface area contributed by atoms with Gasteiger partial charge in [-0.3, -0.25) is 4.79 Å². The maximum Gasteiger partial charge on any atom is 0.329 e. The van der Waals surface area contributed by atoms with E-state index in [1.165, 1.54) is 11.3 Å². The second-order valence-electron chi connectivity index (χ2n) is 4.46. The van der Waals surface area contributed by atoms with Crippen LogP contribution in [-0.2, 0) is 27.2 Å². The van der Waals surface area contributed by atoms with E-state index in [0.717, 1.165) is 36.1 Å². The summed E-state index contributed by atoms with van der Waals surface area (Å²) in [6.45, 7) is -0.848. The number of aryl methyl sites for hydroxylation is 1. The van der Waals surface area contributed by atoms with E-state index in [-0.39, 0.29) is 6.61 Å². The normalized spacial score (nSPS) is 13.3. The van der Waals surface area contributed by atoms with Gasteiger partial charge in [-0.1, -0.05) is 0 Å². The van der Waals surface area contributed by atoms with E-state index in [1.807, 2.05) is 0 Å². The molecule has 2 N–H and O–H groups in total. The van der Waals surface area contributed by atoms with Crippen molar-refractivity contribution >= 4 is 28.2 Å². The fraction of sp³-hybridized carbons (Fsp3) is 0.462. The highest BCUT2D eigenvalue weighted by atomic mass is 32.1. The van der Waals surface area contributed by atoms with Crippen LogP contribution in [0, 0.1) is 11.3 Å². The molecule has 0 spiro atoms. The Morgan fingerprint density at radius 1 is 1.35 bits per heavy atom. The number of carboxylic acid groups (broad SMARTS) is 1. The van der Waals surface area contributed by atoms with Gasteiger partial charge in [-0.05, 0) is 31.2 Å². The number of carbonyl (C=O) groups excluding carboxylic acids is 1. The van der Waals surface area contributed by atoms with E-state index in [4.69, 9.17) is 9.84 Å². The second-order valence-corrected chi connectivity index (χ2v) is 5.57. The monoisotopic (exact) mass is 294 g/mol. The van der Waals surface area contributed by atoms with Gasteiger partial charge in [-0.25, -0.2) is 4.79 Å².